The predicted molar refractivity (Wildman–Crippen MR) is 116 cm³/mol. The molecule has 2 aliphatic heterocycles. The van der Waals surface area contributed by atoms with Gasteiger partial charge in [0.1, 0.15) is 6.54 Å². The Bertz CT molecular complexity index is 1000. The van der Waals surface area contributed by atoms with E-state index >= 15 is 0 Å². The molecular weight excluding hydrogens is 435 g/mol. The molecule has 2 unspecified atom stereocenters. The van der Waals surface area contributed by atoms with Gasteiger partial charge in [0.15, 0.2) is 0 Å². The molecule has 2 fully saturated rings. The largest absolute Gasteiger partial charge is 0.416 e. The minimum Gasteiger partial charge on any atom is -0.353 e. The number of rotatable bonds is 3. The van der Waals surface area contributed by atoms with E-state index in [1.54, 1.807) is 4.90 Å². The third-order valence-corrected chi connectivity index (χ3v) is 6.39. The molecule has 0 aliphatic carbocycles. The molecule has 4 rings (SSSR count). The van der Waals surface area contributed by atoms with Gasteiger partial charge in [-0.3, -0.25) is 9.89 Å². The lowest BCUT2D eigenvalue weighted by Gasteiger charge is -2.40. The number of urea groups is 1. The number of carbonyl (C=O) groups excluding carboxylic acids is 2. The molecule has 2 N–H and O–H groups in total. The minimum atomic E-state index is -4.40. The summed E-state index contributed by atoms with van der Waals surface area (Å²) < 4.78 is 39.0. The molecule has 0 saturated carbocycles. The van der Waals surface area contributed by atoms with Gasteiger partial charge in [0.05, 0.1) is 11.3 Å². The van der Waals surface area contributed by atoms with Crippen LogP contribution >= 0.6 is 0 Å². The van der Waals surface area contributed by atoms with E-state index in [2.05, 4.69) is 15.5 Å². The second-order valence-electron chi connectivity index (χ2n) is 9.11. The van der Waals surface area contributed by atoms with Gasteiger partial charge >= 0.3 is 12.2 Å². The summed E-state index contributed by atoms with van der Waals surface area (Å²) in [4.78, 5) is 28.3. The van der Waals surface area contributed by atoms with E-state index in [-0.39, 0.29) is 36.2 Å². The first-order valence-corrected chi connectivity index (χ1v) is 11.1. The highest BCUT2D eigenvalue weighted by Gasteiger charge is 2.36. The molecule has 2 aliphatic rings. The molecule has 178 valence electrons. The highest BCUT2D eigenvalue weighted by molar-refractivity contribution is 5.85. The summed E-state index contributed by atoms with van der Waals surface area (Å²) >= 11 is 0. The molecule has 3 heterocycles. The average Bonchev–Trinajstić information content (AvgIpc) is 3.29. The second kappa shape index (κ2) is 9.07. The zero-order chi connectivity index (χ0) is 23.8. The number of carbonyl (C=O) groups is 2. The molecule has 2 aromatic rings. The number of alkyl halides is 3. The van der Waals surface area contributed by atoms with Gasteiger partial charge in [-0.1, -0.05) is 26.0 Å². The van der Waals surface area contributed by atoms with Gasteiger partial charge in [0, 0.05) is 43.7 Å². The normalized spacial score (nSPS) is 21.9. The number of halogens is 3. The number of aromatic amines is 1. The Morgan fingerprint density at radius 3 is 2.42 bits per heavy atom. The average molecular weight is 464 g/mol. The van der Waals surface area contributed by atoms with Crippen LogP contribution in [0.25, 0.3) is 0 Å². The first-order chi connectivity index (χ1) is 15.6. The molecule has 1 aromatic carbocycles. The summed E-state index contributed by atoms with van der Waals surface area (Å²) in [7, 11) is 0. The third-order valence-electron chi connectivity index (χ3n) is 6.39. The number of H-pyrrole nitrogens is 1. The second-order valence-corrected chi connectivity index (χ2v) is 9.11. The van der Waals surface area contributed by atoms with Crippen molar-refractivity contribution in [3.63, 3.8) is 0 Å². The lowest BCUT2D eigenvalue weighted by atomic mass is 9.82. The fraction of sp³-hybridized carbons (Fsp3) is 0.522. The fourth-order valence-corrected chi connectivity index (χ4v) is 4.53. The van der Waals surface area contributed by atoms with Gasteiger partial charge in [0.25, 0.3) is 0 Å². The Hall–Kier alpha value is -3.04. The number of hydrogen-bond donors (Lipinski definition) is 2. The van der Waals surface area contributed by atoms with Crippen molar-refractivity contribution in [3.8, 4) is 0 Å². The molecule has 33 heavy (non-hydrogen) atoms. The van der Waals surface area contributed by atoms with E-state index in [0.717, 1.165) is 29.1 Å². The van der Waals surface area contributed by atoms with E-state index in [9.17, 15) is 22.8 Å². The van der Waals surface area contributed by atoms with Crippen molar-refractivity contribution in [3.05, 3.63) is 52.8 Å². The highest BCUT2D eigenvalue weighted by atomic mass is 19.4. The molecule has 0 spiro atoms. The van der Waals surface area contributed by atoms with Crippen LogP contribution in [0.5, 0.6) is 0 Å². The third kappa shape index (κ3) is 5.15. The fourth-order valence-electron chi connectivity index (χ4n) is 4.53. The number of nitrogens with one attached hydrogen (secondary N) is 2. The van der Waals surface area contributed by atoms with Crippen LogP contribution in [-0.2, 0) is 11.0 Å². The summed E-state index contributed by atoms with van der Waals surface area (Å²) in [5, 5.41) is 10.2. The van der Waals surface area contributed by atoms with Crippen LogP contribution in [0.4, 0.5) is 18.0 Å². The highest BCUT2D eigenvalue weighted by Crippen LogP contribution is 2.37. The van der Waals surface area contributed by atoms with Crippen LogP contribution in [0.3, 0.4) is 0 Å². The first-order valence-electron chi connectivity index (χ1n) is 11.1. The molecule has 0 bridgehead atoms. The summed E-state index contributed by atoms with van der Waals surface area (Å²) in [6.45, 7) is 5.76. The minimum absolute atomic E-state index is 0.00645. The number of likely N-dealkylation sites (tertiary alicyclic amines) is 1. The van der Waals surface area contributed by atoms with Gasteiger partial charge < -0.3 is 15.1 Å². The number of piperazine rings is 1. The SMILES string of the molecule is CC(C)c1cc(C2CC(c3ccc(C(F)(F)F)cc3)CN(C(=O)N3CCNC(=O)C3)C2)[nH]n1. The Labute approximate surface area is 190 Å². The van der Waals surface area contributed by atoms with E-state index in [1.165, 1.54) is 17.0 Å². The van der Waals surface area contributed by atoms with Crippen LogP contribution in [0, 0.1) is 0 Å². The Balaban J connectivity index is 1.60. The molecule has 2 atom stereocenters. The van der Waals surface area contributed by atoms with E-state index in [4.69, 9.17) is 0 Å². The lowest BCUT2D eigenvalue weighted by Crippen LogP contribution is -2.56. The molecule has 1 aromatic heterocycles. The van der Waals surface area contributed by atoms with Crippen molar-refractivity contribution >= 4 is 11.9 Å². The van der Waals surface area contributed by atoms with Crippen LogP contribution < -0.4 is 5.32 Å². The van der Waals surface area contributed by atoms with Gasteiger partial charge in [-0.15, -0.1) is 0 Å². The molecule has 0 radical (unpaired) electrons. The standard InChI is InChI=1S/C23H28F3N5O2/c1-14(2)19-10-20(29-28-19)17-9-16(15-3-5-18(6-4-15)23(24,25)26)11-31(12-17)22(33)30-8-7-27-21(32)13-30/h3-6,10,14,16-17H,7-9,11-13H2,1-2H3,(H,27,32)(H,28,29). The lowest BCUT2D eigenvalue weighted by molar-refractivity contribution is -0.137. The number of piperidine rings is 1. The van der Waals surface area contributed by atoms with Crippen molar-refractivity contribution in [2.45, 2.75) is 44.2 Å². The van der Waals surface area contributed by atoms with Crippen molar-refractivity contribution < 1.29 is 22.8 Å². The topological polar surface area (TPSA) is 81.3 Å². The zero-order valence-electron chi connectivity index (χ0n) is 18.7. The number of nitrogens with zero attached hydrogens (tertiary/aromatic N) is 3. The van der Waals surface area contributed by atoms with Crippen molar-refractivity contribution in [2.75, 3.05) is 32.7 Å². The maximum Gasteiger partial charge on any atom is 0.416 e. The van der Waals surface area contributed by atoms with Crippen molar-refractivity contribution in [1.82, 2.24) is 25.3 Å². The van der Waals surface area contributed by atoms with E-state index in [0.29, 0.717) is 32.6 Å². The molecule has 2 saturated heterocycles. The maximum atomic E-state index is 13.2. The number of aromatic nitrogens is 2. The number of benzene rings is 1. The van der Waals surface area contributed by atoms with E-state index in [1.807, 2.05) is 19.9 Å². The quantitative estimate of drug-likeness (QED) is 0.729. The summed E-state index contributed by atoms with van der Waals surface area (Å²) in [6.07, 6.45) is -3.72. The summed E-state index contributed by atoms with van der Waals surface area (Å²) in [5.41, 5.74) is 1.89. The molecule has 10 heteroatoms. The van der Waals surface area contributed by atoms with Gasteiger partial charge in [-0.2, -0.15) is 18.3 Å². The Morgan fingerprint density at radius 1 is 1.12 bits per heavy atom. The molecule has 3 amide bonds. The number of hydrogen-bond acceptors (Lipinski definition) is 3. The van der Waals surface area contributed by atoms with Crippen molar-refractivity contribution in [2.24, 2.45) is 0 Å². The monoisotopic (exact) mass is 463 g/mol. The zero-order valence-corrected chi connectivity index (χ0v) is 18.7. The van der Waals surface area contributed by atoms with Gasteiger partial charge in [0.2, 0.25) is 5.91 Å². The van der Waals surface area contributed by atoms with Crippen LogP contribution in [0.1, 0.15) is 60.5 Å². The van der Waals surface area contributed by atoms with Crippen molar-refractivity contribution in [1.29, 1.82) is 0 Å². The van der Waals surface area contributed by atoms with Gasteiger partial charge in [-0.25, -0.2) is 4.79 Å². The predicted octanol–water partition coefficient (Wildman–Crippen LogP) is 3.68. The van der Waals surface area contributed by atoms with Crippen LogP contribution in [-0.4, -0.2) is 64.7 Å². The Kier molecular flexibility index (Phi) is 6.36. The smallest absolute Gasteiger partial charge is 0.353 e. The number of amides is 3. The Morgan fingerprint density at radius 2 is 1.82 bits per heavy atom. The van der Waals surface area contributed by atoms with E-state index < -0.39 is 11.7 Å². The maximum absolute atomic E-state index is 13.2. The van der Waals surface area contributed by atoms with Crippen LogP contribution in [0.2, 0.25) is 0 Å². The van der Waals surface area contributed by atoms with Gasteiger partial charge in [-0.05, 0) is 36.1 Å². The summed E-state index contributed by atoms with van der Waals surface area (Å²) in [5.74, 6) is -0.139. The molecular formula is C23H28F3N5O2. The first kappa shape index (κ1) is 23.1. The summed E-state index contributed by atoms with van der Waals surface area (Å²) in [6, 6.07) is 6.95. The van der Waals surface area contributed by atoms with Crippen LogP contribution in [0.15, 0.2) is 30.3 Å². The molecule has 7 nitrogen and oxygen atoms in total.